The predicted octanol–water partition coefficient (Wildman–Crippen LogP) is 3.84. The Morgan fingerprint density at radius 3 is 2.73 bits per heavy atom. The van der Waals surface area contributed by atoms with E-state index in [2.05, 4.69) is 14.9 Å². The molecule has 1 saturated heterocycles. The van der Waals surface area contributed by atoms with Crippen LogP contribution in [0.5, 0.6) is 0 Å². The first kappa shape index (κ1) is 20.8. The number of aromatic nitrogens is 1. The van der Waals surface area contributed by atoms with Crippen LogP contribution < -0.4 is 14.9 Å². The topological polar surface area (TPSA) is 91.4 Å². The number of hydrogen-bond donors (Lipinski definition) is 2. The van der Waals surface area contributed by atoms with Crippen molar-refractivity contribution in [3.8, 4) is 0 Å². The number of nitrogens with one attached hydrogen (secondary N) is 2. The van der Waals surface area contributed by atoms with E-state index in [1.165, 1.54) is 25.0 Å². The fourth-order valence-corrected chi connectivity index (χ4v) is 5.60. The first-order chi connectivity index (χ1) is 14.5. The van der Waals surface area contributed by atoms with Crippen LogP contribution in [0.2, 0.25) is 0 Å². The molecule has 2 heterocycles. The molecule has 2 aromatic carbocycles. The quantitative estimate of drug-likeness (QED) is 0.578. The van der Waals surface area contributed by atoms with Gasteiger partial charge in [0.1, 0.15) is 0 Å². The molecule has 1 amide bonds. The molecule has 9 heteroatoms. The Kier molecular flexibility index (Phi) is 6.03. The molecule has 4 rings (SSSR count). The molecular formula is C21H24N4O3S2. The standard InChI is InChI=1S/C21H24N4O3S2/c1-2-10-22-30(27,28)17-7-5-6-15(13-17)20(26)23-16-8-9-18-19(14-16)29-21(24-18)25-11-3-4-12-25/h5-9,13-14,22H,2-4,10-12H2,1H3,(H,23,26). The second-order valence-electron chi connectivity index (χ2n) is 7.25. The smallest absolute Gasteiger partial charge is 0.255 e. The summed E-state index contributed by atoms with van der Waals surface area (Å²) in [6.07, 6.45) is 3.08. The third-order valence-electron chi connectivity index (χ3n) is 4.96. The zero-order valence-electron chi connectivity index (χ0n) is 16.7. The van der Waals surface area contributed by atoms with Crippen molar-refractivity contribution in [3.63, 3.8) is 0 Å². The maximum Gasteiger partial charge on any atom is 0.255 e. The molecule has 158 valence electrons. The Morgan fingerprint density at radius 1 is 1.17 bits per heavy atom. The van der Waals surface area contributed by atoms with Crippen molar-refractivity contribution in [2.75, 3.05) is 29.9 Å². The second kappa shape index (κ2) is 8.71. The van der Waals surface area contributed by atoms with Gasteiger partial charge in [0.05, 0.1) is 15.1 Å². The van der Waals surface area contributed by atoms with Crippen LogP contribution >= 0.6 is 11.3 Å². The number of fused-ring (bicyclic) bond motifs is 1. The number of nitrogens with zero attached hydrogens (tertiary/aromatic N) is 2. The Labute approximate surface area is 180 Å². The number of hydrogen-bond acceptors (Lipinski definition) is 6. The third-order valence-corrected chi connectivity index (χ3v) is 7.50. The lowest BCUT2D eigenvalue weighted by Gasteiger charge is -2.11. The minimum atomic E-state index is -3.63. The van der Waals surface area contributed by atoms with E-state index < -0.39 is 10.0 Å². The number of thiazole rings is 1. The number of carbonyl (C=O) groups is 1. The average Bonchev–Trinajstić information content (AvgIpc) is 3.41. The summed E-state index contributed by atoms with van der Waals surface area (Å²) in [6.45, 7) is 4.32. The molecule has 30 heavy (non-hydrogen) atoms. The number of rotatable bonds is 7. The number of amides is 1. The summed E-state index contributed by atoms with van der Waals surface area (Å²) >= 11 is 1.62. The minimum Gasteiger partial charge on any atom is -0.348 e. The summed E-state index contributed by atoms with van der Waals surface area (Å²) in [7, 11) is -3.63. The van der Waals surface area contributed by atoms with Crippen LogP contribution in [-0.4, -0.2) is 38.9 Å². The summed E-state index contributed by atoms with van der Waals surface area (Å²) in [4.78, 5) is 19.8. The van der Waals surface area contributed by atoms with Gasteiger partial charge in [0, 0.05) is 30.9 Å². The molecule has 1 aliphatic rings. The van der Waals surface area contributed by atoms with E-state index in [0.29, 0.717) is 18.7 Å². The van der Waals surface area contributed by atoms with E-state index in [0.717, 1.165) is 28.4 Å². The van der Waals surface area contributed by atoms with Gasteiger partial charge in [-0.25, -0.2) is 18.1 Å². The van der Waals surface area contributed by atoms with Gasteiger partial charge in [-0.1, -0.05) is 24.3 Å². The molecule has 0 atom stereocenters. The van der Waals surface area contributed by atoms with Crippen molar-refractivity contribution >= 4 is 48.3 Å². The lowest BCUT2D eigenvalue weighted by atomic mass is 10.2. The van der Waals surface area contributed by atoms with Gasteiger partial charge in [0.15, 0.2) is 5.13 Å². The van der Waals surface area contributed by atoms with Crippen molar-refractivity contribution < 1.29 is 13.2 Å². The summed E-state index contributed by atoms with van der Waals surface area (Å²) in [6, 6.07) is 11.7. The van der Waals surface area contributed by atoms with Crippen LogP contribution in [-0.2, 0) is 10.0 Å². The van der Waals surface area contributed by atoms with Gasteiger partial charge in [-0.2, -0.15) is 0 Å². The second-order valence-corrected chi connectivity index (χ2v) is 10.0. The normalized spacial score (nSPS) is 14.4. The van der Waals surface area contributed by atoms with E-state index in [-0.39, 0.29) is 16.4 Å². The summed E-state index contributed by atoms with van der Waals surface area (Å²) in [5, 5.41) is 3.88. The Bertz CT molecular complexity index is 1170. The monoisotopic (exact) mass is 444 g/mol. The van der Waals surface area contributed by atoms with Crippen molar-refractivity contribution in [2.45, 2.75) is 31.1 Å². The molecule has 0 bridgehead atoms. The molecule has 1 fully saturated rings. The van der Waals surface area contributed by atoms with E-state index in [1.54, 1.807) is 23.5 Å². The van der Waals surface area contributed by atoms with Crippen LogP contribution in [0.15, 0.2) is 47.4 Å². The Morgan fingerprint density at radius 2 is 1.97 bits per heavy atom. The van der Waals surface area contributed by atoms with Crippen molar-refractivity contribution in [3.05, 3.63) is 48.0 Å². The maximum atomic E-state index is 12.7. The highest BCUT2D eigenvalue weighted by Gasteiger charge is 2.18. The van der Waals surface area contributed by atoms with Crippen LogP contribution in [0.25, 0.3) is 10.2 Å². The molecule has 3 aromatic rings. The van der Waals surface area contributed by atoms with Crippen molar-refractivity contribution in [1.82, 2.24) is 9.71 Å². The highest BCUT2D eigenvalue weighted by molar-refractivity contribution is 7.89. The fraction of sp³-hybridized carbons (Fsp3) is 0.333. The van der Waals surface area contributed by atoms with Crippen LogP contribution in [0.4, 0.5) is 10.8 Å². The molecule has 7 nitrogen and oxygen atoms in total. The van der Waals surface area contributed by atoms with Crippen molar-refractivity contribution in [1.29, 1.82) is 0 Å². The van der Waals surface area contributed by atoms with Crippen molar-refractivity contribution in [2.24, 2.45) is 0 Å². The number of benzene rings is 2. The molecule has 0 radical (unpaired) electrons. The highest BCUT2D eigenvalue weighted by Crippen LogP contribution is 2.32. The molecule has 0 aliphatic carbocycles. The van der Waals surface area contributed by atoms with Gasteiger partial charge in [0.2, 0.25) is 10.0 Å². The summed E-state index contributed by atoms with van der Waals surface area (Å²) in [5.41, 5.74) is 1.85. The number of carbonyl (C=O) groups excluding carboxylic acids is 1. The average molecular weight is 445 g/mol. The molecule has 1 aromatic heterocycles. The molecule has 1 aliphatic heterocycles. The molecule has 0 saturated carbocycles. The van der Waals surface area contributed by atoms with E-state index in [9.17, 15) is 13.2 Å². The van der Waals surface area contributed by atoms with Gasteiger partial charge in [-0.05, 0) is 55.7 Å². The van der Waals surface area contributed by atoms with Gasteiger partial charge >= 0.3 is 0 Å². The van der Waals surface area contributed by atoms with Crippen LogP contribution in [0.3, 0.4) is 0 Å². The molecule has 0 spiro atoms. The van der Waals surface area contributed by atoms with Crippen LogP contribution in [0.1, 0.15) is 36.5 Å². The Hall–Kier alpha value is -2.49. The Balaban J connectivity index is 1.52. The first-order valence-corrected chi connectivity index (χ1v) is 12.3. The maximum absolute atomic E-state index is 12.7. The van der Waals surface area contributed by atoms with Gasteiger partial charge in [-0.15, -0.1) is 0 Å². The lowest BCUT2D eigenvalue weighted by molar-refractivity contribution is 0.102. The highest BCUT2D eigenvalue weighted by atomic mass is 32.2. The van der Waals surface area contributed by atoms with Crippen LogP contribution in [0, 0.1) is 0 Å². The largest absolute Gasteiger partial charge is 0.348 e. The van der Waals surface area contributed by atoms with Gasteiger partial charge in [-0.3, -0.25) is 4.79 Å². The van der Waals surface area contributed by atoms with Gasteiger partial charge < -0.3 is 10.2 Å². The van der Waals surface area contributed by atoms with Gasteiger partial charge in [0.25, 0.3) is 5.91 Å². The van der Waals surface area contributed by atoms with E-state index in [1.807, 2.05) is 25.1 Å². The van der Waals surface area contributed by atoms with E-state index in [4.69, 9.17) is 4.98 Å². The third kappa shape index (κ3) is 4.48. The van der Waals surface area contributed by atoms with E-state index >= 15 is 0 Å². The molecule has 2 N–H and O–H groups in total. The predicted molar refractivity (Wildman–Crippen MR) is 121 cm³/mol. The fourth-order valence-electron chi connectivity index (χ4n) is 3.36. The number of anilines is 2. The lowest BCUT2D eigenvalue weighted by Crippen LogP contribution is -2.24. The SMILES string of the molecule is CCCNS(=O)(=O)c1cccc(C(=O)Nc2ccc3nc(N4CCCC4)sc3c2)c1. The molecular weight excluding hydrogens is 420 g/mol. The zero-order chi connectivity index (χ0) is 21.1. The first-order valence-electron chi connectivity index (χ1n) is 10.0. The number of sulfonamides is 1. The minimum absolute atomic E-state index is 0.0803. The summed E-state index contributed by atoms with van der Waals surface area (Å²) < 4.78 is 28.2. The zero-order valence-corrected chi connectivity index (χ0v) is 18.4. The summed E-state index contributed by atoms with van der Waals surface area (Å²) in [5.74, 6) is -0.355. The molecule has 0 unspecified atom stereocenters.